The highest BCUT2D eigenvalue weighted by Gasteiger charge is 2.22. The van der Waals surface area contributed by atoms with Gasteiger partial charge in [0.25, 0.3) is 7.82 Å². The van der Waals surface area contributed by atoms with Gasteiger partial charge in [0, 0.05) is 12.8 Å². The molecule has 0 radical (unpaired) electrons. The standard InChI is InChI=1S/C77H138NO8P/c1-6-8-10-12-14-16-18-20-22-24-26-28-30-32-34-35-36-37-38-39-40-41-42-43-44-46-48-50-52-54-56-58-60-62-64-66-68-70-77(80)86-75(74-85-87(81,82)84-72-71-78(3,4)5)73-83-76(79)69-67-65-63-61-59-57-55-53-51-49-47-45-33-31-29-27-25-23-21-19-17-15-13-11-9-7-2/h8,10,14,16,20,22,26,28,32,34,36-37,39-40,42-43,75H,6-7,9,11-13,15,17-19,21,23-25,27,29-31,33,35,38,41,44-74H2,1-5H3/b10-8-,16-14-,22-20-,28-26-,34-32-,37-36-,40-39-,43-42-. The SMILES string of the molecule is CC/C=C\C/C=C\C/C=C\C/C=C\C/C=C\C/C=C\C/C=C\C/C=C\CCCCCCCCCCCCCCC(=O)OC(COC(=O)CCCCCCCCCCCCCCCCCCCCCCCCCCCC)COP(=O)([O-])OCC[N+](C)(C)C. The summed E-state index contributed by atoms with van der Waals surface area (Å²) < 4.78 is 34.3. The quantitative estimate of drug-likeness (QED) is 0.0195. The van der Waals surface area contributed by atoms with E-state index in [0.717, 1.165) is 89.9 Å². The number of hydrogen-bond donors (Lipinski definition) is 0. The molecule has 0 aliphatic rings. The van der Waals surface area contributed by atoms with Gasteiger partial charge in [0.1, 0.15) is 19.8 Å². The molecular formula is C77H138NO8P. The van der Waals surface area contributed by atoms with Gasteiger partial charge in [-0.1, -0.05) is 336 Å². The molecule has 10 heteroatoms. The summed E-state index contributed by atoms with van der Waals surface area (Å²) in [6.07, 6.45) is 93.5. The number of ether oxygens (including phenoxy) is 2. The van der Waals surface area contributed by atoms with E-state index in [1.54, 1.807) is 0 Å². The van der Waals surface area contributed by atoms with Crippen molar-refractivity contribution in [2.45, 2.75) is 335 Å². The van der Waals surface area contributed by atoms with E-state index in [9.17, 15) is 19.0 Å². The van der Waals surface area contributed by atoms with Crippen LogP contribution in [0, 0.1) is 0 Å². The molecule has 0 saturated heterocycles. The Hall–Kier alpha value is -3.07. The summed E-state index contributed by atoms with van der Waals surface area (Å²) in [7, 11) is 1.17. The van der Waals surface area contributed by atoms with Crippen molar-refractivity contribution >= 4 is 19.8 Å². The Morgan fingerprint density at radius 3 is 0.977 bits per heavy atom. The Labute approximate surface area is 538 Å². The Morgan fingerprint density at radius 2 is 0.655 bits per heavy atom. The van der Waals surface area contributed by atoms with Gasteiger partial charge in [-0.15, -0.1) is 0 Å². The zero-order chi connectivity index (χ0) is 63.4. The van der Waals surface area contributed by atoms with Gasteiger partial charge in [0.15, 0.2) is 6.10 Å². The van der Waals surface area contributed by atoms with Crippen LogP contribution in [-0.4, -0.2) is 70.0 Å². The number of quaternary nitrogens is 1. The number of nitrogens with zero attached hydrogens (tertiary/aromatic N) is 1. The topological polar surface area (TPSA) is 111 Å². The minimum absolute atomic E-state index is 0.0326. The average Bonchev–Trinajstić information content (AvgIpc) is 3.56. The number of phosphoric ester groups is 1. The van der Waals surface area contributed by atoms with Crippen LogP contribution < -0.4 is 4.89 Å². The zero-order valence-corrected chi connectivity index (χ0v) is 58.3. The van der Waals surface area contributed by atoms with E-state index in [4.69, 9.17) is 18.5 Å². The number of rotatable bonds is 67. The Bertz CT molecular complexity index is 1790. The Balaban J connectivity index is 4.04. The number of allylic oxidation sites excluding steroid dienone is 16. The lowest BCUT2D eigenvalue weighted by Gasteiger charge is -2.28. The van der Waals surface area contributed by atoms with Crippen molar-refractivity contribution in [2.24, 2.45) is 0 Å². The monoisotopic (exact) mass is 1240 g/mol. The normalized spacial score (nSPS) is 13.7. The third-order valence-electron chi connectivity index (χ3n) is 15.9. The van der Waals surface area contributed by atoms with Crippen LogP contribution in [-0.2, 0) is 32.7 Å². The van der Waals surface area contributed by atoms with Gasteiger partial charge < -0.3 is 27.9 Å². The number of hydrogen-bond acceptors (Lipinski definition) is 8. The van der Waals surface area contributed by atoms with Gasteiger partial charge in [0.05, 0.1) is 27.7 Å². The molecule has 87 heavy (non-hydrogen) atoms. The van der Waals surface area contributed by atoms with Crippen LogP contribution in [0.3, 0.4) is 0 Å². The van der Waals surface area contributed by atoms with Crippen LogP contribution in [0.25, 0.3) is 0 Å². The van der Waals surface area contributed by atoms with Gasteiger partial charge >= 0.3 is 11.9 Å². The molecule has 2 atom stereocenters. The van der Waals surface area contributed by atoms with Gasteiger partial charge in [-0.25, -0.2) is 0 Å². The molecule has 0 fully saturated rings. The number of unbranched alkanes of at least 4 members (excludes halogenated alkanes) is 37. The smallest absolute Gasteiger partial charge is 0.306 e. The predicted molar refractivity (Wildman–Crippen MR) is 374 cm³/mol. The predicted octanol–water partition coefficient (Wildman–Crippen LogP) is 23.3. The van der Waals surface area contributed by atoms with E-state index in [2.05, 4.69) is 111 Å². The number of carbonyl (C=O) groups is 2. The Morgan fingerprint density at radius 1 is 0.368 bits per heavy atom. The van der Waals surface area contributed by atoms with Gasteiger partial charge in [0.2, 0.25) is 0 Å². The first-order chi connectivity index (χ1) is 42.5. The summed E-state index contributed by atoms with van der Waals surface area (Å²) in [5.41, 5.74) is 0. The molecule has 0 bridgehead atoms. The molecule has 0 aromatic carbocycles. The highest BCUT2D eigenvalue weighted by Crippen LogP contribution is 2.38. The minimum atomic E-state index is -4.65. The van der Waals surface area contributed by atoms with Crippen LogP contribution in [0.2, 0.25) is 0 Å². The number of esters is 2. The maximum absolute atomic E-state index is 12.9. The van der Waals surface area contributed by atoms with E-state index < -0.39 is 26.5 Å². The maximum Gasteiger partial charge on any atom is 0.306 e. The fraction of sp³-hybridized carbons (Fsp3) is 0.766. The molecular weight excluding hydrogens is 1100 g/mol. The number of carbonyl (C=O) groups excluding carboxylic acids is 2. The molecule has 0 N–H and O–H groups in total. The van der Waals surface area contributed by atoms with Crippen molar-refractivity contribution in [3.63, 3.8) is 0 Å². The second kappa shape index (κ2) is 67.3. The molecule has 504 valence electrons. The van der Waals surface area contributed by atoms with E-state index >= 15 is 0 Å². The van der Waals surface area contributed by atoms with Crippen molar-refractivity contribution in [1.29, 1.82) is 0 Å². The number of likely N-dealkylation sites (N-methyl/N-ethyl adjacent to an activating group) is 1. The molecule has 0 saturated carbocycles. The van der Waals surface area contributed by atoms with Gasteiger partial charge in [-0.3, -0.25) is 14.2 Å². The Kier molecular flexibility index (Phi) is 65.0. The second-order valence-electron chi connectivity index (χ2n) is 25.6. The molecule has 2 unspecified atom stereocenters. The third-order valence-corrected chi connectivity index (χ3v) is 16.8. The van der Waals surface area contributed by atoms with Crippen molar-refractivity contribution < 1.29 is 42.1 Å². The lowest BCUT2D eigenvalue weighted by atomic mass is 10.0. The zero-order valence-electron chi connectivity index (χ0n) is 57.5. The fourth-order valence-corrected chi connectivity index (χ4v) is 11.1. The average molecular weight is 1240 g/mol. The first-order valence-corrected chi connectivity index (χ1v) is 37.9. The second-order valence-corrected chi connectivity index (χ2v) is 27.0. The first kappa shape index (κ1) is 83.9. The lowest BCUT2D eigenvalue weighted by Crippen LogP contribution is -2.37. The summed E-state index contributed by atoms with van der Waals surface area (Å²) in [6.45, 7) is 4.17. The first-order valence-electron chi connectivity index (χ1n) is 36.4. The molecule has 0 aliphatic carbocycles. The molecule has 9 nitrogen and oxygen atoms in total. The molecule has 0 aliphatic heterocycles. The maximum atomic E-state index is 12.9. The molecule has 0 spiro atoms. The van der Waals surface area contributed by atoms with E-state index in [0.29, 0.717) is 17.4 Å². The van der Waals surface area contributed by atoms with Gasteiger partial charge in [-0.05, 0) is 77.0 Å². The summed E-state index contributed by atoms with van der Waals surface area (Å²) in [6, 6.07) is 0. The minimum Gasteiger partial charge on any atom is -0.756 e. The molecule has 0 heterocycles. The van der Waals surface area contributed by atoms with E-state index in [1.807, 2.05) is 21.1 Å². The lowest BCUT2D eigenvalue weighted by molar-refractivity contribution is -0.870. The van der Waals surface area contributed by atoms with Crippen LogP contribution in [0.5, 0.6) is 0 Å². The van der Waals surface area contributed by atoms with E-state index in [-0.39, 0.29) is 32.0 Å². The van der Waals surface area contributed by atoms with Crippen molar-refractivity contribution in [1.82, 2.24) is 0 Å². The summed E-state index contributed by atoms with van der Waals surface area (Å²) in [5.74, 6) is -0.824. The number of phosphoric acid groups is 1. The van der Waals surface area contributed by atoms with Crippen molar-refractivity contribution in [3.8, 4) is 0 Å². The van der Waals surface area contributed by atoms with Crippen molar-refractivity contribution in [2.75, 3.05) is 47.5 Å². The fourth-order valence-electron chi connectivity index (χ4n) is 10.3. The van der Waals surface area contributed by atoms with Crippen LogP contribution in [0.1, 0.15) is 328 Å². The molecule has 0 rings (SSSR count). The van der Waals surface area contributed by atoms with Crippen LogP contribution in [0.4, 0.5) is 0 Å². The molecule has 0 amide bonds. The summed E-state index contributed by atoms with van der Waals surface area (Å²) in [4.78, 5) is 38.1. The third kappa shape index (κ3) is 71.9. The van der Waals surface area contributed by atoms with Crippen LogP contribution >= 0.6 is 7.82 Å². The molecule has 0 aromatic heterocycles. The largest absolute Gasteiger partial charge is 0.756 e. The van der Waals surface area contributed by atoms with Crippen LogP contribution in [0.15, 0.2) is 97.2 Å². The highest BCUT2D eigenvalue weighted by atomic mass is 31.2. The summed E-state index contributed by atoms with van der Waals surface area (Å²) >= 11 is 0. The summed E-state index contributed by atoms with van der Waals surface area (Å²) in [5, 5.41) is 0. The molecule has 0 aromatic rings. The van der Waals surface area contributed by atoms with E-state index in [1.165, 1.54) is 205 Å². The highest BCUT2D eigenvalue weighted by molar-refractivity contribution is 7.45. The van der Waals surface area contributed by atoms with Crippen molar-refractivity contribution in [3.05, 3.63) is 97.2 Å². The van der Waals surface area contributed by atoms with Gasteiger partial charge in [-0.2, -0.15) is 0 Å².